The Morgan fingerprint density at radius 3 is 2.62 bits per heavy atom. The summed E-state index contributed by atoms with van der Waals surface area (Å²) >= 11 is 0. The number of carbonyl (C=O) groups excluding carboxylic acids is 2. The highest BCUT2D eigenvalue weighted by Gasteiger charge is 2.37. The Hall–Kier alpha value is -2.91. The highest BCUT2D eigenvalue weighted by molar-refractivity contribution is 5.87. The molecular weight excluding hydrogens is 412 g/mol. The third kappa shape index (κ3) is 6.54. The van der Waals surface area contributed by atoms with Gasteiger partial charge in [0.1, 0.15) is 6.10 Å². The number of amides is 2. The minimum atomic E-state index is -0.988. The lowest BCUT2D eigenvalue weighted by Gasteiger charge is -2.41. The second-order valence-corrected chi connectivity index (χ2v) is 8.42. The molecule has 9 heteroatoms. The zero-order chi connectivity index (χ0) is 23.1. The van der Waals surface area contributed by atoms with Crippen molar-refractivity contribution in [3.8, 4) is 0 Å². The number of rotatable bonds is 6. The van der Waals surface area contributed by atoms with Crippen LogP contribution in [-0.2, 0) is 20.9 Å². The van der Waals surface area contributed by atoms with Gasteiger partial charge in [0.15, 0.2) is 0 Å². The van der Waals surface area contributed by atoms with Crippen molar-refractivity contribution in [3.63, 3.8) is 0 Å². The molecule has 9 nitrogen and oxygen atoms in total. The standard InChI is InChI=1S/C23H32N4O5/c1-15(28)26-21-19(24)12-17(22(29)30)13-20(21)27-10-5-8-18(9-11-27)32-23(31)25-14-16-6-3-2-4-7-16/h2-4,6-7,13,18-21H,5,8-12,14,24H2,1H3,(H,25,31)(H,26,28)(H,29,30)/t18?,19-,20+,21+/m0/s1. The summed E-state index contributed by atoms with van der Waals surface area (Å²) in [5, 5.41) is 15.2. The Kier molecular flexibility index (Phi) is 8.24. The molecule has 4 atom stereocenters. The molecule has 2 aliphatic rings. The smallest absolute Gasteiger partial charge is 0.407 e. The summed E-state index contributed by atoms with van der Waals surface area (Å²) in [6.45, 7) is 3.13. The first kappa shape index (κ1) is 23.7. The molecule has 32 heavy (non-hydrogen) atoms. The number of carboxylic acid groups (broad SMARTS) is 1. The molecule has 174 valence electrons. The topological polar surface area (TPSA) is 134 Å². The molecule has 1 saturated heterocycles. The fraction of sp³-hybridized carbons (Fsp3) is 0.522. The number of benzene rings is 1. The van der Waals surface area contributed by atoms with Gasteiger partial charge in [0, 0.05) is 31.6 Å². The first-order chi connectivity index (χ1) is 15.3. The predicted molar refractivity (Wildman–Crippen MR) is 119 cm³/mol. The molecule has 1 aliphatic carbocycles. The summed E-state index contributed by atoms with van der Waals surface area (Å²) < 4.78 is 5.62. The molecule has 1 aromatic carbocycles. The van der Waals surface area contributed by atoms with Crippen LogP contribution in [0, 0.1) is 0 Å². The number of nitrogens with zero attached hydrogens (tertiary/aromatic N) is 1. The Labute approximate surface area is 188 Å². The summed E-state index contributed by atoms with van der Waals surface area (Å²) in [7, 11) is 0. The van der Waals surface area contributed by atoms with Crippen molar-refractivity contribution in [1.29, 1.82) is 0 Å². The van der Waals surface area contributed by atoms with Gasteiger partial charge in [0.2, 0.25) is 5.91 Å². The van der Waals surface area contributed by atoms with Crippen LogP contribution >= 0.6 is 0 Å². The number of nitrogens with two attached hydrogens (primary N) is 1. The fourth-order valence-corrected chi connectivity index (χ4v) is 4.40. The van der Waals surface area contributed by atoms with Crippen LogP contribution in [0.1, 0.15) is 38.2 Å². The molecule has 0 bridgehead atoms. The maximum atomic E-state index is 12.2. The molecule has 2 amide bonds. The Morgan fingerprint density at radius 2 is 1.94 bits per heavy atom. The van der Waals surface area contributed by atoms with Crippen LogP contribution in [0.25, 0.3) is 0 Å². The van der Waals surface area contributed by atoms with Crippen molar-refractivity contribution in [2.24, 2.45) is 5.73 Å². The quantitative estimate of drug-likeness (QED) is 0.521. The Morgan fingerprint density at radius 1 is 1.19 bits per heavy atom. The first-order valence-corrected chi connectivity index (χ1v) is 11.0. The molecule has 1 aromatic rings. The van der Waals surface area contributed by atoms with Crippen molar-refractivity contribution >= 4 is 18.0 Å². The van der Waals surface area contributed by atoms with Gasteiger partial charge in [0.05, 0.1) is 12.1 Å². The number of likely N-dealkylation sites (tertiary alicyclic amines) is 1. The molecule has 1 heterocycles. The highest BCUT2D eigenvalue weighted by Crippen LogP contribution is 2.25. The van der Waals surface area contributed by atoms with Crippen molar-refractivity contribution in [1.82, 2.24) is 15.5 Å². The lowest BCUT2D eigenvalue weighted by atomic mass is 9.86. The lowest BCUT2D eigenvalue weighted by Crippen LogP contribution is -2.60. The van der Waals surface area contributed by atoms with E-state index in [0.717, 1.165) is 12.0 Å². The minimum Gasteiger partial charge on any atom is -0.478 e. The van der Waals surface area contributed by atoms with E-state index in [2.05, 4.69) is 15.5 Å². The second-order valence-electron chi connectivity index (χ2n) is 8.42. The number of alkyl carbamates (subject to hydrolysis) is 1. The van der Waals surface area contributed by atoms with Gasteiger partial charge >= 0.3 is 12.1 Å². The summed E-state index contributed by atoms with van der Waals surface area (Å²) in [6.07, 6.45) is 3.36. The van der Waals surface area contributed by atoms with Crippen LogP contribution in [0.2, 0.25) is 0 Å². The number of nitrogens with one attached hydrogen (secondary N) is 2. The third-order valence-corrected chi connectivity index (χ3v) is 5.99. The van der Waals surface area contributed by atoms with E-state index in [1.54, 1.807) is 6.08 Å². The lowest BCUT2D eigenvalue weighted by molar-refractivity contribution is -0.133. The second kappa shape index (κ2) is 11.1. The van der Waals surface area contributed by atoms with E-state index >= 15 is 0 Å². The molecule has 3 rings (SSSR count). The van der Waals surface area contributed by atoms with Gasteiger partial charge < -0.3 is 26.2 Å². The fourth-order valence-electron chi connectivity index (χ4n) is 4.40. The maximum absolute atomic E-state index is 12.2. The number of ether oxygens (including phenoxy) is 1. The van der Waals surface area contributed by atoms with E-state index in [0.29, 0.717) is 32.5 Å². The molecule has 0 saturated carbocycles. The van der Waals surface area contributed by atoms with Gasteiger partial charge in [0.25, 0.3) is 0 Å². The van der Waals surface area contributed by atoms with Gasteiger partial charge in [-0.05, 0) is 37.8 Å². The number of hydrogen-bond acceptors (Lipinski definition) is 6. The van der Waals surface area contributed by atoms with Gasteiger partial charge in [-0.3, -0.25) is 9.69 Å². The van der Waals surface area contributed by atoms with Gasteiger partial charge in [-0.15, -0.1) is 0 Å². The molecular formula is C23H32N4O5. The minimum absolute atomic E-state index is 0.200. The SMILES string of the molecule is CC(=O)N[C@H]1[C@H](N2CCCC(OC(=O)NCc3ccccc3)CC2)C=C(C(=O)O)C[C@@H]1N. The van der Waals surface area contributed by atoms with Crippen molar-refractivity contribution < 1.29 is 24.2 Å². The van der Waals surface area contributed by atoms with E-state index < -0.39 is 18.1 Å². The van der Waals surface area contributed by atoms with Gasteiger partial charge in [-0.2, -0.15) is 0 Å². The summed E-state index contributed by atoms with van der Waals surface area (Å²) in [5.41, 5.74) is 7.50. The van der Waals surface area contributed by atoms with E-state index in [-0.39, 0.29) is 36.1 Å². The average molecular weight is 445 g/mol. The number of carbonyl (C=O) groups is 3. The summed E-state index contributed by atoms with van der Waals surface area (Å²) in [6, 6.07) is 8.44. The largest absolute Gasteiger partial charge is 0.478 e. The molecule has 1 fully saturated rings. The maximum Gasteiger partial charge on any atom is 0.407 e. The van der Waals surface area contributed by atoms with E-state index in [1.165, 1.54) is 6.92 Å². The molecule has 0 radical (unpaired) electrons. The molecule has 1 aliphatic heterocycles. The van der Waals surface area contributed by atoms with Gasteiger partial charge in [-0.25, -0.2) is 9.59 Å². The zero-order valence-electron chi connectivity index (χ0n) is 18.3. The highest BCUT2D eigenvalue weighted by atomic mass is 16.6. The van der Waals surface area contributed by atoms with Gasteiger partial charge in [-0.1, -0.05) is 36.4 Å². The molecule has 0 aromatic heterocycles. The van der Waals surface area contributed by atoms with Crippen molar-refractivity contribution in [3.05, 3.63) is 47.5 Å². The zero-order valence-corrected chi connectivity index (χ0v) is 18.3. The van der Waals surface area contributed by atoms with Crippen molar-refractivity contribution in [2.45, 2.75) is 63.4 Å². The number of hydrogen-bond donors (Lipinski definition) is 4. The number of aliphatic carboxylic acids is 1. The van der Waals surface area contributed by atoms with Crippen LogP contribution in [0.4, 0.5) is 4.79 Å². The molecule has 1 unspecified atom stereocenters. The third-order valence-electron chi connectivity index (χ3n) is 5.99. The van der Waals surface area contributed by atoms with Crippen LogP contribution in [0.15, 0.2) is 42.0 Å². The number of carboxylic acids is 1. The van der Waals surface area contributed by atoms with Crippen LogP contribution < -0.4 is 16.4 Å². The average Bonchev–Trinajstić information content (AvgIpc) is 2.99. The normalized spacial score (nSPS) is 26.4. The summed E-state index contributed by atoms with van der Waals surface area (Å²) in [5.74, 6) is -1.19. The first-order valence-electron chi connectivity index (χ1n) is 11.0. The Bertz CT molecular complexity index is 844. The monoisotopic (exact) mass is 444 g/mol. The predicted octanol–water partition coefficient (Wildman–Crippen LogP) is 1.38. The van der Waals surface area contributed by atoms with Crippen LogP contribution in [0.5, 0.6) is 0 Å². The van der Waals surface area contributed by atoms with E-state index in [9.17, 15) is 19.5 Å². The Balaban J connectivity index is 1.59. The van der Waals surface area contributed by atoms with E-state index in [4.69, 9.17) is 10.5 Å². The molecule has 5 N–H and O–H groups in total. The van der Waals surface area contributed by atoms with Crippen LogP contribution in [-0.4, -0.2) is 65.3 Å². The van der Waals surface area contributed by atoms with Crippen LogP contribution in [0.3, 0.4) is 0 Å². The summed E-state index contributed by atoms with van der Waals surface area (Å²) in [4.78, 5) is 37.6. The van der Waals surface area contributed by atoms with Crippen molar-refractivity contribution in [2.75, 3.05) is 13.1 Å². The molecule has 0 spiro atoms. The van der Waals surface area contributed by atoms with E-state index in [1.807, 2.05) is 30.3 Å².